The van der Waals surface area contributed by atoms with Gasteiger partial charge in [0, 0.05) is 11.6 Å². The number of nitrogen functional groups attached to an aromatic ring is 1. The number of nitrogens with two attached hydrogens (primary N) is 1. The van der Waals surface area contributed by atoms with Gasteiger partial charge in [-0.25, -0.2) is 0 Å². The van der Waals surface area contributed by atoms with Gasteiger partial charge >= 0.3 is 0 Å². The number of benzene rings is 2. The number of aromatic nitrogens is 1. The third kappa shape index (κ3) is 2.42. The fraction of sp³-hybridized carbons (Fsp3) is 0.167. The molecule has 1 aromatic heterocycles. The van der Waals surface area contributed by atoms with Crippen LogP contribution in [0.1, 0.15) is 16.7 Å². The van der Waals surface area contributed by atoms with Crippen LogP contribution in [-0.4, -0.2) is 4.98 Å². The van der Waals surface area contributed by atoms with Crippen molar-refractivity contribution in [1.82, 2.24) is 4.98 Å². The van der Waals surface area contributed by atoms with Gasteiger partial charge in [0.15, 0.2) is 0 Å². The first-order valence-electron chi connectivity index (χ1n) is 6.95. The molecule has 21 heavy (non-hydrogen) atoms. The third-order valence-corrected chi connectivity index (χ3v) is 3.74. The van der Waals surface area contributed by atoms with Crippen LogP contribution in [-0.2, 0) is 0 Å². The SMILES string of the molecule is Cc1cc(C)c(C)c(Oc2ccc(N)c3ncccc23)c1. The Balaban J connectivity index is 2.13. The predicted molar refractivity (Wildman–Crippen MR) is 86.9 cm³/mol. The van der Waals surface area contributed by atoms with E-state index in [2.05, 4.69) is 37.9 Å². The van der Waals surface area contributed by atoms with Crippen molar-refractivity contribution in [3.05, 3.63) is 59.3 Å². The first kappa shape index (κ1) is 13.4. The molecular weight excluding hydrogens is 260 g/mol. The maximum Gasteiger partial charge on any atom is 0.136 e. The maximum absolute atomic E-state index is 6.14. The van der Waals surface area contributed by atoms with Gasteiger partial charge in [0.1, 0.15) is 11.5 Å². The van der Waals surface area contributed by atoms with Crippen LogP contribution in [0.5, 0.6) is 11.5 Å². The first-order chi connectivity index (χ1) is 10.1. The summed E-state index contributed by atoms with van der Waals surface area (Å²) in [6, 6.07) is 11.8. The highest BCUT2D eigenvalue weighted by molar-refractivity contribution is 5.93. The van der Waals surface area contributed by atoms with Crippen molar-refractivity contribution in [2.45, 2.75) is 20.8 Å². The Morgan fingerprint density at radius 1 is 1.00 bits per heavy atom. The van der Waals surface area contributed by atoms with Crippen molar-refractivity contribution >= 4 is 16.6 Å². The number of anilines is 1. The Bertz CT molecular complexity index is 825. The Morgan fingerprint density at radius 2 is 1.81 bits per heavy atom. The smallest absolute Gasteiger partial charge is 0.136 e. The maximum atomic E-state index is 6.14. The zero-order chi connectivity index (χ0) is 15.0. The number of aryl methyl sites for hydroxylation is 2. The Kier molecular flexibility index (Phi) is 3.26. The van der Waals surface area contributed by atoms with E-state index in [9.17, 15) is 0 Å². The van der Waals surface area contributed by atoms with Crippen LogP contribution in [0, 0.1) is 20.8 Å². The van der Waals surface area contributed by atoms with E-state index in [1.165, 1.54) is 11.1 Å². The van der Waals surface area contributed by atoms with Crippen molar-refractivity contribution in [3.8, 4) is 11.5 Å². The summed E-state index contributed by atoms with van der Waals surface area (Å²) in [5.74, 6) is 1.66. The molecule has 106 valence electrons. The summed E-state index contributed by atoms with van der Waals surface area (Å²) in [6.45, 7) is 6.24. The Hall–Kier alpha value is -2.55. The molecule has 3 rings (SSSR count). The molecule has 2 N–H and O–H groups in total. The molecule has 1 heterocycles. The minimum Gasteiger partial charge on any atom is -0.456 e. The van der Waals surface area contributed by atoms with E-state index >= 15 is 0 Å². The minimum absolute atomic E-state index is 0.662. The molecule has 3 heteroatoms. The van der Waals surface area contributed by atoms with Gasteiger partial charge in [0.05, 0.1) is 11.2 Å². The highest BCUT2D eigenvalue weighted by atomic mass is 16.5. The van der Waals surface area contributed by atoms with Crippen molar-refractivity contribution in [1.29, 1.82) is 0 Å². The number of rotatable bonds is 2. The standard InChI is InChI=1S/C18H18N2O/c1-11-9-12(2)13(3)17(10-11)21-16-7-6-15(19)18-14(16)5-4-8-20-18/h4-10H,19H2,1-3H3. The lowest BCUT2D eigenvalue weighted by molar-refractivity contribution is 0.483. The third-order valence-electron chi connectivity index (χ3n) is 3.74. The lowest BCUT2D eigenvalue weighted by atomic mass is 10.1. The molecule has 0 fully saturated rings. The fourth-order valence-corrected chi connectivity index (χ4v) is 2.48. The van der Waals surface area contributed by atoms with Crippen LogP contribution in [0.2, 0.25) is 0 Å². The van der Waals surface area contributed by atoms with Crippen molar-refractivity contribution < 1.29 is 4.74 Å². The zero-order valence-corrected chi connectivity index (χ0v) is 12.5. The summed E-state index contributed by atoms with van der Waals surface area (Å²) in [7, 11) is 0. The van der Waals surface area contributed by atoms with Gasteiger partial charge in [-0.2, -0.15) is 0 Å². The molecule has 0 amide bonds. The molecule has 0 aliphatic heterocycles. The molecule has 0 aliphatic rings. The van der Waals surface area contributed by atoms with E-state index in [-0.39, 0.29) is 0 Å². The molecule has 3 nitrogen and oxygen atoms in total. The lowest BCUT2D eigenvalue weighted by Crippen LogP contribution is -1.95. The molecule has 0 radical (unpaired) electrons. The van der Waals surface area contributed by atoms with Gasteiger partial charge in [0.2, 0.25) is 0 Å². The highest BCUT2D eigenvalue weighted by Gasteiger charge is 2.10. The monoisotopic (exact) mass is 278 g/mol. The Morgan fingerprint density at radius 3 is 2.62 bits per heavy atom. The van der Waals surface area contributed by atoms with Crippen LogP contribution < -0.4 is 10.5 Å². The van der Waals surface area contributed by atoms with Crippen LogP contribution in [0.3, 0.4) is 0 Å². The second kappa shape index (κ2) is 5.09. The van der Waals surface area contributed by atoms with Gasteiger partial charge in [0.25, 0.3) is 0 Å². The summed E-state index contributed by atoms with van der Waals surface area (Å²) in [4.78, 5) is 4.34. The second-order valence-corrected chi connectivity index (χ2v) is 5.36. The molecule has 3 aromatic rings. The summed E-state index contributed by atoms with van der Waals surface area (Å²) in [5.41, 5.74) is 11.0. The van der Waals surface area contributed by atoms with Gasteiger partial charge in [-0.05, 0) is 67.8 Å². The number of ether oxygens (including phenoxy) is 1. The highest BCUT2D eigenvalue weighted by Crippen LogP contribution is 2.34. The number of pyridine rings is 1. The molecule has 0 spiro atoms. The molecule has 2 aromatic carbocycles. The number of nitrogens with zero attached hydrogens (tertiary/aromatic N) is 1. The molecule has 0 saturated carbocycles. The largest absolute Gasteiger partial charge is 0.456 e. The number of fused-ring (bicyclic) bond motifs is 1. The van der Waals surface area contributed by atoms with Crippen molar-refractivity contribution in [2.24, 2.45) is 0 Å². The molecule has 0 atom stereocenters. The Labute approximate surface area is 124 Å². The summed E-state index contributed by atoms with van der Waals surface area (Å²) < 4.78 is 6.14. The number of hydrogen-bond donors (Lipinski definition) is 1. The van der Waals surface area contributed by atoms with Gasteiger partial charge < -0.3 is 10.5 Å². The van der Waals surface area contributed by atoms with Crippen LogP contribution in [0.25, 0.3) is 10.9 Å². The van der Waals surface area contributed by atoms with Crippen LogP contribution in [0.15, 0.2) is 42.6 Å². The lowest BCUT2D eigenvalue weighted by Gasteiger charge is -2.14. The predicted octanol–water partition coefficient (Wildman–Crippen LogP) is 4.53. The zero-order valence-electron chi connectivity index (χ0n) is 12.5. The second-order valence-electron chi connectivity index (χ2n) is 5.36. The van der Waals surface area contributed by atoms with E-state index < -0.39 is 0 Å². The van der Waals surface area contributed by atoms with Gasteiger partial charge in [-0.3, -0.25) is 4.98 Å². The first-order valence-corrected chi connectivity index (χ1v) is 6.95. The molecule has 0 bridgehead atoms. The molecule has 0 unspecified atom stereocenters. The van der Waals surface area contributed by atoms with E-state index in [0.29, 0.717) is 5.69 Å². The molecular formula is C18H18N2O. The quantitative estimate of drug-likeness (QED) is 0.700. The number of hydrogen-bond acceptors (Lipinski definition) is 3. The normalized spacial score (nSPS) is 10.8. The average molecular weight is 278 g/mol. The van der Waals surface area contributed by atoms with Crippen LogP contribution >= 0.6 is 0 Å². The topological polar surface area (TPSA) is 48.1 Å². The summed E-state index contributed by atoms with van der Waals surface area (Å²) in [6.07, 6.45) is 1.74. The minimum atomic E-state index is 0.662. The summed E-state index contributed by atoms with van der Waals surface area (Å²) >= 11 is 0. The van der Waals surface area contributed by atoms with E-state index in [0.717, 1.165) is 28.0 Å². The average Bonchev–Trinajstić information content (AvgIpc) is 2.47. The van der Waals surface area contributed by atoms with Gasteiger partial charge in [-0.15, -0.1) is 0 Å². The van der Waals surface area contributed by atoms with Gasteiger partial charge in [-0.1, -0.05) is 6.07 Å². The fourth-order valence-electron chi connectivity index (χ4n) is 2.48. The molecule has 0 saturated heterocycles. The molecule has 0 aliphatic carbocycles. The summed E-state index contributed by atoms with van der Waals surface area (Å²) in [5, 5.41) is 0.927. The van der Waals surface area contributed by atoms with Crippen molar-refractivity contribution in [3.63, 3.8) is 0 Å². The van der Waals surface area contributed by atoms with E-state index in [1.807, 2.05) is 24.3 Å². The van der Waals surface area contributed by atoms with Crippen molar-refractivity contribution in [2.75, 3.05) is 5.73 Å². The van der Waals surface area contributed by atoms with E-state index in [4.69, 9.17) is 10.5 Å². The van der Waals surface area contributed by atoms with E-state index in [1.54, 1.807) is 6.20 Å². The van der Waals surface area contributed by atoms with Crippen LogP contribution in [0.4, 0.5) is 5.69 Å².